The van der Waals surface area contributed by atoms with Crippen LogP contribution < -0.4 is 9.62 Å². The largest absolute Gasteiger partial charge is 0.324 e. The fourth-order valence-electron chi connectivity index (χ4n) is 3.22. The van der Waals surface area contributed by atoms with Crippen LogP contribution in [0.3, 0.4) is 0 Å². The number of rotatable bonds is 7. The third kappa shape index (κ3) is 5.06. The Morgan fingerprint density at radius 1 is 1.18 bits per heavy atom. The van der Waals surface area contributed by atoms with Gasteiger partial charge in [-0.3, -0.25) is 9.10 Å². The molecule has 0 heterocycles. The first-order valence-electron chi connectivity index (χ1n) is 9.21. The normalized spacial score (nSPS) is 12.7. The van der Waals surface area contributed by atoms with Gasteiger partial charge >= 0.3 is 0 Å². The maximum absolute atomic E-state index is 13.2. The van der Waals surface area contributed by atoms with Crippen molar-refractivity contribution < 1.29 is 13.2 Å². The highest BCUT2D eigenvalue weighted by atomic mass is 35.5. The Morgan fingerprint density at radius 3 is 2.36 bits per heavy atom. The molecule has 1 unspecified atom stereocenters. The fourth-order valence-corrected chi connectivity index (χ4v) is 4.61. The van der Waals surface area contributed by atoms with E-state index >= 15 is 0 Å². The van der Waals surface area contributed by atoms with Crippen LogP contribution in [0.5, 0.6) is 0 Å². The molecule has 0 bridgehead atoms. The second kappa shape index (κ2) is 8.97. The summed E-state index contributed by atoms with van der Waals surface area (Å²) < 4.78 is 26.2. The number of hydrogen-bond donors (Lipinski definition) is 1. The van der Waals surface area contributed by atoms with E-state index in [0.29, 0.717) is 17.1 Å². The summed E-state index contributed by atoms with van der Waals surface area (Å²) in [5.74, 6) is -0.154. The van der Waals surface area contributed by atoms with E-state index in [1.54, 1.807) is 31.2 Å². The Balaban J connectivity index is 2.47. The molecule has 1 N–H and O–H groups in total. The first-order valence-corrected chi connectivity index (χ1v) is 11.4. The molecule has 0 saturated heterocycles. The van der Waals surface area contributed by atoms with Crippen LogP contribution >= 0.6 is 11.6 Å². The first kappa shape index (κ1) is 22.2. The lowest BCUT2D eigenvalue weighted by molar-refractivity contribution is -0.117. The zero-order valence-corrected chi connectivity index (χ0v) is 18.4. The molecule has 0 spiro atoms. The molecule has 0 radical (unpaired) electrons. The Labute approximate surface area is 172 Å². The number of hydrogen-bond acceptors (Lipinski definition) is 3. The number of halogens is 1. The van der Waals surface area contributed by atoms with Gasteiger partial charge in [0.2, 0.25) is 15.9 Å². The maximum atomic E-state index is 13.2. The van der Waals surface area contributed by atoms with E-state index in [1.807, 2.05) is 25.1 Å². The van der Waals surface area contributed by atoms with Gasteiger partial charge in [-0.25, -0.2) is 8.42 Å². The third-order valence-electron chi connectivity index (χ3n) is 4.57. The highest BCUT2D eigenvalue weighted by Crippen LogP contribution is 2.30. The number of benzene rings is 2. The molecule has 152 valence electrons. The van der Waals surface area contributed by atoms with Crippen molar-refractivity contribution >= 4 is 38.9 Å². The van der Waals surface area contributed by atoms with Crippen LogP contribution in [0.4, 0.5) is 11.4 Å². The van der Waals surface area contributed by atoms with Gasteiger partial charge in [-0.05, 0) is 48.6 Å². The quantitative estimate of drug-likeness (QED) is 0.686. The molecule has 0 aliphatic heterocycles. The number of nitrogens with zero attached hydrogens (tertiary/aromatic N) is 1. The molecule has 0 saturated carbocycles. The van der Waals surface area contributed by atoms with Gasteiger partial charge in [-0.2, -0.15) is 0 Å². The van der Waals surface area contributed by atoms with Gasteiger partial charge in [0.15, 0.2) is 0 Å². The SMILES string of the molecule is CCC(C(=O)Nc1c(C)cccc1C(C)C)N(c1cccc(Cl)c1)S(C)(=O)=O. The number of sulfonamides is 1. The minimum absolute atomic E-state index is 0.217. The van der Waals surface area contributed by atoms with Crippen molar-refractivity contribution in [1.82, 2.24) is 0 Å². The molecule has 2 aromatic rings. The molecule has 0 aliphatic carbocycles. The molecule has 5 nitrogen and oxygen atoms in total. The van der Waals surface area contributed by atoms with E-state index in [1.165, 1.54) is 0 Å². The first-order chi connectivity index (χ1) is 13.1. The fraction of sp³-hybridized carbons (Fsp3) is 0.381. The summed E-state index contributed by atoms with van der Waals surface area (Å²) in [6.07, 6.45) is 1.41. The lowest BCUT2D eigenvalue weighted by atomic mass is 9.98. The number of aryl methyl sites for hydroxylation is 1. The van der Waals surface area contributed by atoms with E-state index in [4.69, 9.17) is 11.6 Å². The zero-order chi connectivity index (χ0) is 21.1. The zero-order valence-electron chi connectivity index (χ0n) is 16.9. The van der Waals surface area contributed by atoms with Crippen molar-refractivity contribution in [3.63, 3.8) is 0 Å². The van der Waals surface area contributed by atoms with E-state index < -0.39 is 16.1 Å². The summed E-state index contributed by atoms with van der Waals surface area (Å²) in [5, 5.41) is 3.38. The lowest BCUT2D eigenvalue weighted by Crippen LogP contribution is -2.47. The molecule has 2 aromatic carbocycles. The second-order valence-corrected chi connectivity index (χ2v) is 9.44. The van der Waals surface area contributed by atoms with Crippen molar-refractivity contribution in [3.05, 3.63) is 58.6 Å². The predicted octanol–water partition coefficient (Wildman–Crippen LogP) is 4.96. The number of carbonyl (C=O) groups excluding carboxylic acids is 1. The summed E-state index contributed by atoms with van der Waals surface area (Å²) in [7, 11) is -3.71. The Bertz CT molecular complexity index is 958. The number of anilines is 2. The highest BCUT2D eigenvalue weighted by molar-refractivity contribution is 7.92. The summed E-state index contributed by atoms with van der Waals surface area (Å²) in [4.78, 5) is 13.2. The van der Waals surface area contributed by atoms with E-state index in [0.717, 1.165) is 27.4 Å². The molecular formula is C21H27ClN2O3S. The predicted molar refractivity (Wildman–Crippen MR) is 117 cm³/mol. The van der Waals surface area contributed by atoms with Crippen LogP contribution in [-0.2, 0) is 14.8 Å². The van der Waals surface area contributed by atoms with Crippen molar-refractivity contribution in [2.45, 2.75) is 46.1 Å². The van der Waals surface area contributed by atoms with Gasteiger partial charge in [-0.15, -0.1) is 0 Å². The van der Waals surface area contributed by atoms with E-state index in [-0.39, 0.29) is 11.8 Å². The van der Waals surface area contributed by atoms with Crippen LogP contribution in [0.15, 0.2) is 42.5 Å². The molecule has 1 amide bonds. The summed E-state index contributed by atoms with van der Waals surface area (Å²) in [6.45, 7) is 7.81. The smallest absolute Gasteiger partial charge is 0.248 e. The molecule has 1 atom stereocenters. The molecule has 2 rings (SSSR count). The van der Waals surface area contributed by atoms with Crippen LogP contribution in [0.1, 0.15) is 44.2 Å². The minimum atomic E-state index is -3.71. The standard InChI is InChI=1S/C21H27ClN2O3S/c1-6-19(24(28(5,26)27)17-11-8-10-16(22)13-17)21(25)23-20-15(4)9-7-12-18(20)14(2)3/h7-14,19H,6H2,1-5H3,(H,23,25). The number of carbonyl (C=O) groups is 1. The second-order valence-electron chi connectivity index (χ2n) is 7.15. The molecule has 7 heteroatoms. The molecule has 28 heavy (non-hydrogen) atoms. The summed E-state index contributed by atoms with van der Waals surface area (Å²) in [5.41, 5.74) is 3.05. The van der Waals surface area contributed by atoms with Crippen LogP contribution in [0, 0.1) is 6.92 Å². The van der Waals surface area contributed by atoms with E-state index in [9.17, 15) is 13.2 Å². The van der Waals surface area contributed by atoms with Gasteiger partial charge in [-0.1, -0.05) is 56.6 Å². The lowest BCUT2D eigenvalue weighted by Gasteiger charge is -2.30. The van der Waals surface area contributed by atoms with Crippen molar-refractivity contribution in [3.8, 4) is 0 Å². The van der Waals surface area contributed by atoms with Gasteiger partial charge in [0.1, 0.15) is 6.04 Å². The van der Waals surface area contributed by atoms with Gasteiger partial charge in [0.05, 0.1) is 11.9 Å². The monoisotopic (exact) mass is 422 g/mol. The van der Waals surface area contributed by atoms with Gasteiger partial charge in [0, 0.05) is 10.7 Å². The number of amides is 1. The summed E-state index contributed by atoms with van der Waals surface area (Å²) >= 11 is 6.05. The average Bonchev–Trinajstić information content (AvgIpc) is 2.59. The van der Waals surface area contributed by atoms with Gasteiger partial charge in [0.25, 0.3) is 0 Å². The van der Waals surface area contributed by atoms with Gasteiger partial charge < -0.3 is 5.32 Å². The third-order valence-corrected chi connectivity index (χ3v) is 5.98. The van der Waals surface area contributed by atoms with Crippen LogP contribution in [0.2, 0.25) is 5.02 Å². The van der Waals surface area contributed by atoms with E-state index in [2.05, 4.69) is 19.2 Å². The molecule has 0 aliphatic rings. The Morgan fingerprint density at radius 2 is 1.82 bits per heavy atom. The molecule has 0 aromatic heterocycles. The van der Waals surface area contributed by atoms with Crippen LogP contribution in [-0.4, -0.2) is 26.6 Å². The van der Waals surface area contributed by atoms with Crippen molar-refractivity contribution in [2.75, 3.05) is 15.9 Å². The minimum Gasteiger partial charge on any atom is -0.324 e. The Kier molecular flexibility index (Phi) is 7.12. The highest BCUT2D eigenvalue weighted by Gasteiger charge is 2.32. The van der Waals surface area contributed by atoms with Crippen LogP contribution in [0.25, 0.3) is 0 Å². The number of nitrogens with one attached hydrogen (secondary N) is 1. The molecule has 0 fully saturated rings. The van der Waals surface area contributed by atoms with Crippen molar-refractivity contribution in [1.29, 1.82) is 0 Å². The maximum Gasteiger partial charge on any atom is 0.248 e. The number of para-hydroxylation sites is 1. The Hall–Kier alpha value is -2.05. The summed E-state index contributed by atoms with van der Waals surface area (Å²) in [6, 6.07) is 11.5. The van der Waals surface area contributed by atoms with Crippen molar-refractivity contribution in [2.24, 2.45) is 0 Å². The molecular weight excluding hydrogens is 396 g/mol. The average molecular weight is 423 g/mol. The topological polar surface area (TPSA) is 66.5 Å².